The van der Waals surface area contributed by atoms with Crippen LogP contribution in [0.5, 0.6) is 0 Å². The van der Waals surface area contributed by atoms with Crippen LogP contribution in [0.2, 0.25) is 20.1 Å². The molecule has 0 fully saturated rings. The van der Waals surface area contributed by atoms with Gasteiger partial charge in [-0.15, -0.1) is 0 Å². The second-order valence-corrected chi connectivity index (χ2v) is 5.39. The van der Waals surface area contributed by atoms with E-state index in [0.29, 0.717) is 0 Å². The minimum atomic E-state index is -1.40. The van der Waals surface area contributed by atoms with Crippen molar-refractivity contribution in [1.82, 2.24) is 0 Å². The molecule has 0 bridgehead atoms. The van der Waals surface area contributed by atoms with E-state index >= 15 is 0 Å². The van der Waals surface area contributed by atoms with Gasteiger partial charge in [-0.3, -0.25) is 0 Å². The molecule has 20 heavy (non-hydrogen) atoms. The lowest BCUT2D eigenvalue weighted by atomic mass is 10.0. The molecule has 0 amide bonds. The van der Waals surface area contributed by atoms with Crippen molar-refractivity contribution in [2.75, 3.05) is 0 Å². The maximum Gasteiger partial charge on any atom is 0.338 e. The third-order valence-electron chi connectivity index (χ3n) is 2.61. The third kappa shape index (κ3) is 2.59. The molecule has 0 unspecified atom stereocenters. The fourth-order valence-electron chi connectivity index (χ4n) is 1.70. The van der Waals surface area contributed by atoms with Crippen molar-refractivity contribution in [3.63, 3.8) is 0 Å². The lowest BCUT2D eigenvalue weighted by molar-refractivity contribution is 0.0692. The lowest BCUT2D eigenvalue weighted by Crippen LogP contribution is -2.02. The highest BCUT2D eigenvalue weighted by Gasteiger charge is 2.21. The fraction of sp³-hybridized carbons (Fsp3) is 0. The zero-order valence-corrected chi connectivity index (χ0v) is 12.6. The first-order valence-electron chi connectivity index (χ1n) is 5.19. The molecule has 2 rings (SSSR count). The number of carboxylic acid groups (broad SMARTS) is 1. The molecule has 1 N–H and O–H groups in total. The van der Waals surface area contributed by atoms with E-state index in [1.165, 1.54) is 18.2 Å². The maximum absolute atomic E-state index is 14.2. The van der Waals surface area contributed by atoms with Gasteiger partial charge in [0.15, 0.2) is 0 Å². The van der Waals surface area contributed by atoms with Crippen LogP contribution < -0.4 is 0 Å². The number of carboxylic acids is 1. The number of benzene rings is 2. The molecule has 0 saturated carbocycles. The molecule has 0 heterocycles. The Morgan fingerprint density at radius 3 is 2.10 bits per heavy atom. The SMILES string of the molecule is O=C(O)c1cccc(-c2c(Cl)c(Cl)cc(Cl)c2Cl)c1F. The summed E-state index contributed by atoms with van der Waals surface area (Å²) >= 11 is 23.8. The number of carbonyl (C=O) groups is 1. The zero-order chi connectivity index (χ0) is 15.0. The number of hydrogen-bond acceptors (Lipinski definition) is 1. The summed E-state index contributed by atoms with van der Waals surface area (Å²) < 4.78 is 14.2. The van der Waals surface area contributed by atoms with E-state index in [4.69, 9.17) is 51.5 Å². The van der Waals surface area contributed by atoms with Crippen molar-refractivity contribution in [1.29, 1.82) is 0 Å². The van der Waals surface area contributed by atoms with Gasteiger partial charge in [-0.1, -0.05) is 58.5 Å². The molecular weight excluding hydrogens is 349 g/mol. The third-order valence-corrected chi connectivity index (χ3v) is 4.19. The molecule has 2 aromatic rings. The van der Waals surface area contributed by atoms with Gasteiger partial charge in [0.2, 0.25) is 0 Å². The highest BCUT2D eigenvalue weighted by Crippen LogP contribution is 2.44. The average Bonchev–Trinajstić information content (AvgIpc) is 2.38. The largest absolute Gasteiger partial charge is 0.478 e. The number of aromatic carboxylic acids is 1. The first-order chi connectivity index (χ1) is 9.34. The van der Waals surface area contributed by atoms with Gasteiger partial charge in [0.25, 0.3) is 0 Å². The van der Waals surface area contributed by atoms with E-state index in [1.807, 2.05) is 0 Å². The van der Waals surface area contributed by atoms with E-state index < -0.39 is 17.3 Å². The van der Waals surface area contributed by atoms with Crippen molar-refractivity contribution in [3.05, 3.63) is 55.7 Å². The Bertz CT molecular complexity index is 690. The Kier molecular flexibility index (Phi) is 4.45. The van der Waals surface area contributed by atoms with Gasteiger partial charge in [-0.2, -0.15) is 0 Å². The molecule has 0 atom stereocenters. The Balaban J connectivity index is 2.82. The summed E-state index contributed by atoms with van der Waals surface area (Å²) in [5, 5.41) is 9.12. The van der Waals surface area contributed by atoms with Crippen molar-refractivity contribution in [2.45, 2.75) is 0 Å². The van der Waals surface area contributed by atoms with Crippen LogP contribution >= 0.6 is 46.4 Å². The highest BCUT2D eigenvalue weighted by molar-refractivity contribution is 6.50. The summed E-state index contributed by atoms with van der Waals surface area (Å²) in [7, 11) is 0. The van der Waals surface area contributed by atoms with Gasteiger partial charge in [0, 0.05) is 11.1 Å². The van der Waals surface area contributed by atoms with Crippen molar-refractivity contribution in [2.24, 2.45) is 0 Å². The molecule has 0 aromatic heterocycles. The standard InChI is InChI=1S/C13H5Cl4FO2/c14-7-4-8(15)11(17)9(10(7)16)5-2-1-3-6(12(5)18)13(19)20/h1-4H,(H,19,20). The van der Waals surface area contributed by atoms with Crippen LogP contribution in [-0.2, 0) is 0 Å². The van der Waals surface area contributed by atoms with E-state index in [0.717, 1.165) is 6.07 Å². The van der Waals surface area contributed by atoms with Gasteiger partial charge in [-0.25, -0.2) is 9.18 Å². The topological polar surface area (TPSA) is 37.3 Å². The highest BCUT2D eigenvalue weighted by atomic mass is 35.5. The van der Waals surface area contributed by atoms with Crippen molar-refractivity contribution >= 4 is 52.4 Å². The van der Waals surface area contributed by atoms with Crippen LogP contribution in [0.3, 0.4) is 0 Å². The first-order valence-corrected chi connectivity index (χ1v) is 6.71. The smallest absolute Gasteiger partial charge is 0.338 e. The van der Waals surface area contributed by atoms with Crippen LogP contribution in [0.4, 0.5) is 4.39 Å². The quantitative estimate of drug-likeness (QED) is 0.692. The van der Waals surface area contributed by atoms with Gasteiger partial charge in [0.1, 0.15) is 5.82 Å². The summed E-state index contributed by atoms with van der Waals surface area (Å²) in [6.45, 7) is 0. The Hall–Kier alpha value is -1.000. The zero-order valence-electron chi connectivity index (χ0n) is 9.55. The predicted octanol–water partition coefficient (Wildman–Crippen LogP) is 5.80. The van der Waals surface area contributed by atoms with Crippen LogP contribution in [0.15, 0.2) is 24.3 Å². The average molecular weight is 354 g/mol. The van der Waals surface area contributed by atoms with Crippen LogP contribution in [0.1, 0.15) is 10.4 Å². The second-order valence-electron chi connectivity index (χ2n) is 3.82. The molecule has 0 aliphatic carbocycles. The van der Waals surface area contributed by atoms with Crippen LogP contribution in [0, 0.1) is 5.82 Å². The Labute approximate surface area is 133 Å². The summed E-state index contributed by atoms with van der Waals surface area (Å²) in [5.74, 6) is -2.35. The minimum Gasteiger partial charge on any atom is -0.478 e. The van der Waals surface area contributed by atoms with Gasteiger partial charge >= 0.3 is 5.97 Å². The molecular formula is C13H5Cl4FO2. The second kappa shape index (κ2) is 5.78. The lowest BCUT2D eigenvalue weighted by Gasteiger charge is -2.12. The molecule has 7 heteroatoms. The molecule has 2 nitrogen and oxygen atoms in total. The number of rotatable bonds is 2. The molecule has 2 aromatic carbocycles. The number of halogens is 5. The van der Waals surface area contributed by atoms with Gasteiger partial charge in [-0.05, 0) is 12.1 Å². The van der Waals surface area contributed by atoms with Crippen molar-refractivity contribution < 1.29 is 14.3 Å². The maximum atomic E-state index is 14.2. The molecule has 0 aliphatic rings. The first kappa shape index (κ1) is 15.4. The summed E-state index contributed by atoms with van der Waals surface area (Å²) in [6.07, 6.45) is 0. The monoisotopic (exact) mass is 352 g/mol. The van der Waals surface area contributed by atoms with Gasteiger partial charge < -0.3 is 5.11 Å². The molecule has 0 radical (unpaired) electrons. The molecule has 0 aliphatic heterocycles. The summed E-state index contributed by atoms with van der Waals surface area (Å²) in [5.41, 5.74) is -0.513. The number of hydrogen-bond donors (Lipinski definition) is 1. The minimum absolute atomic E-state index is 0.00232. The predicted molar refractivity (Wildman–Crippen MR) is 78.8 cm³/mol. The van der Waals surface area contributed by atoms with E-state index in [1.54, 1.807) is 0 Å². The normalized spacial score (nSPS) is 10.7. The van der Waals surface area contributed by atoms with Crippen LogP contribution in [0.25, 0.3) is 11.1 Å². The summed E-state index contributed by atoms with van der Waals surface area (Å²) in [6, 6.07) is 5.19. The fourth-order valence-corrected chi connectivity index (χ4v) is 2.71. The van der Waals surface area contributed by atoms with E-state index in [9.17, 15) is 9.18 Å². The molecule has 0 saturated heterocycles. The van der Waals surface area contributed by atoms with Gasteiger partial charge in [0.05, 0.1) is 25.7 Å². The Morgan fingerprint density at radius 2 is 1.60 bits per heavy atom. The molecule has 104 valence electrons. The Morgan fingerprint density at radius 1 is 1.05 bits per heavy atom. The van der Waals surface area contributed by atoms with E-state index in [2.05, 4.69) is 0 Å². The molecule has 0 spiro atoms. The summed E-state index contributed by atoms with van der Waals surface area (Å²) in [4.78, 5) is 11.0. The van der Waals surface area contributed by atoms with E-state index in [-0.39, 0.29) is 31.2 Å². The van der Waals surface area contributed by atoms with Crippen LogP contribution in [-0.4, -0.2) is 11.1 Å². The van der Waals surface area contributed by atoms with Crippen molar-refractivity contribution in [3.8, 4) is 11.1 Å².